The summed E-state index contributed by atoms with van der Waals surface area (Å²) in [5, 5.41) is 29.8. The first-order valence-electron chi connectivity index (χ1n) is 20.1. The lowest BCUT2D eigenvalue weighted by Gasteiger charge is -2.62. The molecule has 10 heteroatoms. The van der Waals surface area contributed by atoms with Gasteiger partial charge in [-0.2, -0.15) is 5.06 Å². The Morgan fingerprint density at radius 1 is 1.02 bits per heavy atom. The number of ether oxygens (including phenoxy) is 1. The van der Waals surface area contributed by atoms with Gasteiger partial charge in [0.15, 0.2) is 0 Å². The van der Waals surface area contributed by atoms with Gasteiger partial charge in [-0.25, -0.2) is 0 Å². The number of rotatable bonds is 14. The number of aliphatic hydroxyl groups excluding tert-OH is 2. The SMILES string of the molecule is COC[C@H](CC(C)C)NC(=O)C1CC(C2CCCC(CN3O[C@@H](CO)[C@@H]([C@H](C)O)[C@H]3C(=O)N[C@H]3C[C@H]4C[C@@H]([C@@H]3C)C4(C)C)C2)CC(N(C)C)C1. The monoisotopic (exact) mass is 705 g/mol. The fourth-order valence-electron chi connectivity index (χ4n) is 11.3. The molecule has 1 heterocycles. The zero-order chi connectivity index (χ0) is 36.5. The quantitative estimate of drug-likeness (QED) is 0.209. The fourth-order valence-corrected chi connectivity index (χ4v) is 11.3. The van der Waals surface area contributed by atoms with Crippen molar-refractivity contribution in [2.75, 3.05) is 41.0 Å². The van der Waals surface area contributed by atoms with E-state index in [0.717, 1.165) is 57.8 Å². The number of hydrogen-bond donors (Lipinski definition) is 4. The summed E-state index contributed by atoms with van der Waals surface area (Å²) in [6, 6.07) is -0.124. The molecule has 4 N–H and O–H groups in total. The summed E-state index contributed by atoms with van der Waals surface area (Å²) in [6.45, 7) is 14.0. The smallest absolute Gasteiger partial charge is 0.240 e. The molecule has 288 valence electrons. The summed E-state index contributed by atoms with van der Waals surface area (Å²) < 4.78 is 5.46. The Kier molecular flexibility index (Phi) is 13.4. The van der Waals surface area contributed by atoms with E-state index < -0.39 is 24.2 Å². The topological polar surface area (TPSA) is 124 Å². The normalized spacial score (nSPS) is 39.9. The molecular weight excluding hydrogens is 632 g/mol. The Morgan fingerprint density at radius 2 is 1.76 bits per heavy atom. The molecule has 6 rings (SSSR count). The van der Waals surface area contributed by atoms with Crippen LogP contribution < -0.4 is 10.6 Å². The zero-order valence-electron chi connectivity index (χ0n) is 32.8. The van der Waals surface area contributed by atoms with Crippen molar-refractivity contribution in [2.45, 2.75) is 142 Å². The number of hydroxylamine groups is 2. The Morgan fingerprint density at radius 3 is 2.36 bits per heavy atom. The van der Waals surface area contributed by atoms with Gasteiger partial charge < -0.3 is 30.5 Å². The van der Waals surface area contributed by atoms with Gasteiger partial charge in [0.25, 0.3) is 0 Å². The van der Waals surface area contributed by atoms with Crippen LogP contribution in [0.2, 0.25) is 0 Å². The Labute approximate surface area is 303 Å². The molecule has 14 atom stereocenters. The van der Waals surface area contributed by atoms with Crippen LogP contribution in [0.15, 0.2) is 0 Å². The Balaban J connectivity index is 1.25. The molecule has 5 aliphatic carbocycles. The molecule has 1 aliphatic heterocycles. The first-order chi connectivity index (χ1) is 23.6. The van der Waals surface area contributed by atoms with E-state index in [1.54, 1.807) is 14.0 Å². The highest BCUT2D eigenvalue weighted by Gasteiger charge is 2.57. The summed E-state index contributed by atoms with van der Waals surface area (Å²) in [4.78, 5) is 36.6. The standard InChI is InChI=1S/C40H72N4O6/c1-23(2)13-31(22-49-9)41-38(47)29-15-28(16-32(17-29)43(7)8)27-12-10-11-26(14-27)20-44-37(36(25(4)46)35(21-45)50-44)39(48)42-34-19-30-18-33(24(34)3)40(30,5)6/h23-37,45-46H,10-22H2,1-9H3,(H,41,47)(H,42,48)/t24-,25-,26?,27?,28?,29?,30+,31-,32?,33-,34-,35-,36+,37-/m0/s1. The van der Waals surface area contributed by atoms with Crippen molar-refractivity contribution in [3.63, 3.8) is 0 Å². The van der Waals surface area contributed by atoms with Crippen LogP contribution >= 0.6 is 0 Å². The van der Waals surface area contributed by atoms with Crippen molar-refractivity contribution in [3.8, 4) is 0 Å². The molecule has 50 heavy (non-hydrogen) atoms. The fraction of sp³-hybridized carbons (Fsp3) is 0.950. The number of carbonyl (C=O) groups excluding carboxylic acids is 2. The second kappa shape index (κ2) is 16.8. The second-order valence-electron chi connectivity index (χ2n) is 18.6. The predicted molar refractivity (Wildman–Crippen MR) is 196 cm³/mol. The average molecular weight is 705 g/mol. The third-order valence-electron chi connectivity index (χ3n) is 14.3. The van der Waals surface area contributed by atoms with Gasteiger partial charge in [0, 0.05) is 37.6 Å². The van der Waals surface area contributed by atoms with Gasteiger partial charge in [0.1, 0.15) is 12.1 Å². The summed E-state index contributed by atoms with van der Waals surface area (Å²) in [6.07, 6.45) is 9.01. The summed E-state index contributed by atoms with van der Waals surface area (Å²) in [5.74, 6) is 3.01. The first-order valence-corrected chi connectivity index (χ1v) is 20.1. The van der Waals surface area contributed by atoms with Gasteiger partial charge in [-0.15, -0.1) is 0 Å². The van der Waals surface area contributed by atoms with Crippen LogP contribution in [0.5, 0.6) is 0 Å². The molecule has 5 saturated carbocycles. The molecule has 6 fully saturated rings. The van der Waals surface area contributed by atoms with Crippen LogP contribution in [-0.4, -0.2) is 109 Å². The summed E-state index contributed by atoms with van der Waals surface area (Å²) in [7, 11) is 5.98. The maximum atomic E-state index is 14.2. The first kappa shape index (κ1) is 39.9. The predicted octanol–water partition coefficient (Wildman–Crippen LogP) is 4.48. The minimum atomic E-state index is -0.791. The molecule has 0 aromatic carbocycles. The maximum Gasteiger partial charge on any atom is 0.240 e. The summed E-state index contributed by atoms with van der Waals surface area (Å²) in [5.41, 5.74) is 0.333. The van der Waals surface area contributed by atoms with Gasteiger partial charge in [-0.3, -0.25) is 14.4 Å². The van der Waals surface area contributed by atoms with Gasteiger partial charge in [0.05, 0.1) is 25.4 Å². The molecule has 1 saturated heterocycles. The van der Waals surface area contributed by atoms with Gasteiger partial charge in [0.2, 0.25) is 11.8 Å². The number of aliphatic hydroxyl groups is 2. The largest absolute Gasteiger partial charge is 0.394 e. The number of nitrogens with one attached hydrogen (secondary N) is 2. The molecule has 2 amide bonds. The van der Waals surface area contributed by atoms with Crippen molar-refractivity contribution < 1.29 is 29.4 Å². The van der Waals surface area contributed by atoms with Crippen molar-refractivity contribution in [1.29, 1.82) is 0 Å². The van der Waals surface area contributed by atoms with Crippen molar-refractivity contribution >= 4 is 11.8 Å². The number of fused-ring (bicyclic) bond motifs is 2. The molecule has 10 nitrogen and oxygen atoms in total. The van der Waals surface area contributed by atoms with E-state index >= 15 is 0 Å². The summed E-state index contributed by atoms with van der Waals surface area (Å²) >= 11 is 0. The number of nitrogens with zero attached hydrogens (tertiary/aromatic N) is 2. The number of carbonyl (C=O) groups is 2. The molecule has 0 aromatic heterocycles. The average Bonchev–Trinajstić information content (AvgIpc) is 3.43. The van der Waals surface area contributed by atoms with Gasteiger partial charge in [-0.05, 0) is 119 Å². The highest BCUT2D eigenvalue weighted by molar-refractivity contribution is 5.83. The lowest BCUT2D eigenvalue weighted by molar-refractivity contribution is -0.185. The van der Waals surface area contributed by atoms with Crippen LogP contribution in [-0.2, 0) is 19.2 Å². The highest BCUT2D eigenvalue weighted by atomic mass is 16.7. The van der Waals surface area contributed by atoms with Crippen LogP contribution in [0, 0.1) is 58.7 Å². The Bertz CT molecular complexity index is 1130. The van der Waals surface area contributed by atoms with Gasteiger partial charge >= 0.3 is 0 Å². The van der Waals surface area contributed by atoms with E-state index in [2.05, 4.69) is 64.2 Å². The molecular formula is C40H72N4O6. The molecule has 0 spiro atoms. The highest BCUT2D eigenvalue weighted by Crippen LogP contribution is 2.61. The van der Waals surface area contributed by atoms with E-state index in [4.69, 9.17) is 9.57 Å². The lowest BCUT2D eigenvalue weighted by atomic mass is 9.45. The molecule has 5 unspecified atom stereocenters. The van der Waals surface area contributed by atoms with Gasteiger partial charge in [-0.1, -0.05) is 47.5 Å². The second-order valence-corrected chi connectivity index (χ2v) is 18.6. The maximum absolute atomic E-state index is 14.2. The van der Waals surface area contributed by atoms with E-state index in [1.165, 1.54) is 6.42 Å². The minimum absolute atomic E-state index is 0.0149. The third kappa shape index (κ3) is 8.73. The zero-order valence-corrected chi connectivity index (χ0v) is 32.8. The molecule has 6 aliphatic rings. The van der Waals surface area contributed by atoms with Crippen LogP contribution in [0.3, 0.4) is 0 Å². The van der Waals surface area contributed by atoms with Crippen molar-refractivity contribution in [2.24, 2.45) is 58.7 Å². The van der Waals surface area contributed by atoms with Crippen molar-refractivity contribution in [1.82, 2.24) is 20.6 Å². The van der Waals surface area contributed by atoms with Crippen molar-refractivity contribution in [3.05, 3.63) is 0 Å². The van der Waals surface area contributed by atoms with E-state index in [-0.39, 0.29) is 36.4 Å². The van der Waals surface area contributed by atoms with E-state index in [9.17, 15) is 19.8 Å². The van der Waals surface area contributed by atoms with Crippen LogP contribution in [0.25, 0.3) is 0 Å². The lowest BCUT2D eigenvalue weighted by Crippen LogP contribution is -2.62. The number of methoxy groups -OCH3 is 1. The van der Waals surface area contributed by atoms with Crippen LogP contribution in [0.4, 0.5) is 0 Å². The molecule has 2 bridgehead atoms. The number of hydrogen-bond acceptors (Lipinski definition) is 8. The molecule has 0 radical (unpaired) electrons. The third-order valence-corrected chi connectivity index (χ3v) is 14.3. The minimum Gasteiger partial charge on any atom is -0.394 e. The molecule has 0 aromatic rings. The Hall–Kier alpha value is -1.30. The van der Waals surface area contributed by atoms with E-state index in [0.29, 0.717) is 66.0 Å². The van der Waals surface area contributed by atoms with E-state index in [1.807, 2.05) is 5.06 Å². The van der Waals surface area contributed by atoms with Crippen LogP contribution in [0.1, 0.15) is 106 Å². The number of amides is 2.